The summed E-state index contributed by atoms with van der Waals surface area (Å²) in [6, 6.07) is 8.35. The third-order valence-corrected chi connectivity index (χ3v) is 4.22. The lowest BCUT2D eigenvalue weighted by atomic mass is 9.69. The summed E-state index contributed by atoms with van der Waals surface area (Å²) in [5, 5.41) is 0. The molecule has 0 saturated heterocycles. The molecule has 0 heterocycles. The zero-order valence-electron chi connectivity index (χ0n) is 10.9. The van der Waals surface area contributed by atoms with E-state index in [1.54, 1.807) is 7.11 Å². The monoisotopic (exact) mass is 233 g/mol. The molecule has 1 aliphatic rings. The highest BCUT2D eigenvalue weighted by molar-refractivity contribution is 5.30. The van der Waals surface area contributed by atoms with Crippen LogP contribution in [0.25, 0.3) is 0 Å². The van der Waals surface area contributed by atoms with Gasteiger partial charge in [-0.3, -0.25) is 0 Å². The highest BCUT2D eigenvalue weighted by Gasteiger charge is 2.33. The Morgan fingerprint density at radius 1 is 1.12 bits per heavy atom. The second kappa shape index (κ2) is 5.09. The molecule has 1 aromatic rings. The zero-order chi connectivity index (χ0) is 12.3. The molecule has 2 heteroatoms. The number of ether oxygens (including phenoxy) is 1. The molecule has 0 radical (unpaired) electrons. The summed E-state index contributed by atoms with van der Waals surface area (Å²) in [6.45, 7) is 2.33. The van der Waals surface area contributed by atoms with Crippen molar-refractivity contribution in [3.05, 3.63) is 29.8 Å². The fourth-order valence-corrected chi connectivity index (χ4v) is 2.88. The van der Waals surface area contributed by atoms with Crippen LogP contribution in [0.3, 0.4) is 0 Å². The van der Waals surface area contributed by atoms with E-state index in [-0.39, 0.29) is 11.5 Å². The van der Waals surface area contributed by atoms with Crippen molar-refractivity contribution in [1.82, 2.24) is 0 Å². The lowest BCUT2D eigenvalue weighted by molar-refractivity contribution is 0.170. The summed E-state index contributed by atoms with van der Waals surface area (Å²) in [4.78, 5) is 0. The van der Waals surface area contributed by atoms with Crippen molar-refractivity contribution in [1.29, 1.82) is 0 Å². The van der Waals surface area contributed by atoms with Crippen LogP contribution in [-0.2, 0) is 0 Å². The number of rotatable bonds is 3. The van der Waals surface area contributed by atoms with E-state index in [0.717, 1.165) is 5.75 Å². The smallest absolute Gasteiger partial charge is 0.118 e. The second-order valence-corrected chi connectivity index (χ2v) is 5.47. The molecule has 94 valence electrons. The minimum absolute atomic E-state index is 0.147. The standard InChI is InChI=1S/C15H23NO/c1-15(10-4-3-5-11-15)14(16)12-6-8-13(17-2)9-7-12/h6-9,14H,3-5,10-11,16H2,1-2H3. The van der Waals surface area contributed by atoms with Crippen LogP contribution in [0, 0.1) is 5.41 Å². The molecule has 2 nitrogen and oxygen atoms in total. The van der Waals surface area contributed by atoms with E-state index in [9.17, 15) is 0 Å². The lowest BCUT2D eigenvalue weighted by Crippen LogP contribution is -2.33. The largest absolute Gasteiger partial charge is 0.497 e. The molecule has 0 amide bonds. The molecular weight excluding hydrogens is 210 g/mol. The molecule has 1 aliphatic carbocycles. The Bertz CT molecular complexity index is 352. The van der Waals surface area contributed by atoms with E-state index in [2.05, 4.69) is 19.1 Å². The van der Waals surface area contributed by atoms with Crippen molar-refractivity contribution in [2.24, 2.45) is 11.1 Å². The molecule has 2 rings (SSSR count). The van der Waals surface area contributed by atoms with E-state index in [4.69, 9.17) is 10.5 Å². The Kier molecular flexibility index (Phi) is 3.72. The molecule has 0 bridgehead atoms. The Labute approximate surface area is 104 Å². The van der Waals surface area contributed by atoms with Gasteiger partial charge < -0.3 is 10.5 Å². The van der Waals surface area contributed by atoms with E-state index < -0.39 is 0 Å². The van der Waals surface area contributed by atoms with Crippen LogP contribution in [0.2, 0.25) is 0 Å². The molecule has 0 aromatic heterocycles. The van der Waals surface area contributed by atoms with Gasteiger partial charge in [0, 0.05) is 6.04 Å². The fourth-order valence-electron chi connectivity index (χ4n) is 2.88. The Balaban J connectivity index is 2.14. The van der Waals surface area contributed by atoms with Crippen molar-refractivity contribution >= 4 is 0 Å². The van der Waals surface area contributed by atoms with Crippen molar-refractivity contribution < 1.29 is 4.74 Å². The maximum Gasteiger partial charge on any atom is 0.118 e. The summed E-state index contributed by atoms with van der Waals surface area (Å²) < 4.78 is 5.18. The predicted octanol–water partition coefficient (Wildman–Crippen LogP) is 3.67. The highest BCUT2D eigenvalue weighted by Crippen LogP contribution is 2.44. The first-order valence-corrected chi connectivity index (χ1v) is 6.55. The Morgan fingerprint density at radius 3 is 2.24 bits per heavy atom. The van der Waals surface area contributed by atoms with Gasteiger partial charge in [0.1, 0.15) is 5.75 Å². The molecule has 1 unspecified atom stereocenters. The highest BCUT2D eigenvalue weighted by atomic mass is 16.5. The number of methoxy groups -OCH3 is 1. The van der Waals surface area contributed by atoms with Crippen LogP contribution < -0.4 is 10.5 Å². The summed E-state index contributed by atoms with van der Waals surface area (Å²) in [5.41, 5.74) is 7.96. The van der Waals surface area contributed by atoms with Gasteiger partial charge in [-0.1, -0.05) is 38.3 Å². The van der Waals surface area contributed by atoms with Gasteiger partial charge in [0.15, 0.2) is 0 Å². The third kappa shape index (κ3) is 2.63. The van der Waals surface area contributed by atoms with Gasteiger partial charge >= 0.3 is 0 Å². The van der Waals surface area contributed by atoms with Crippen LogP contribution in [0.15, 0.2) is 24.3 Å². The van der Waals surface area contributed by atoms with Gasteiger partial charge in [-0.15, -0.1) is 0 Å². The summed E-state index contributed by atoms with van der Waals surface area (Å²) in [7, 11) is 1.69. The average molecular weight is 233 g/mol. The first kappa shape index (κ1) is 12.4. The molecule has 0 aliphatic heterocycles. The van der Waals surface area contributed by atoms with Crippen LogP contribution >= 0.6 is 0 Å². The van der Waals surface area contributed by atoms with Gasteiger partial charge in [0.25, 0.3) is 0 Å². The molecule has 1 aromatic carbocycles. The first-order chi connectivity index (χ1) is 8.15. The molecule has 1 atom stereocenters. The van der Waals surface area contributed by atoms with Crippen LogP contribution in [0.5, 0.6) is 5.75 Å². The molecular formula is C15H23NO. The summed E-state index contributed by atoms with van der Waals surface area (Å²) in [6.07, 6.45) is 6.51. The van der Waals surface area contributed by atoms with Gasteiger partial charge in [0.2, 0.25) is 0 Å². The van der Waals surface area contributed by atoms with Crippen molar-refractivity contribution in [2.45, 2.75) is 45.1 Å². The number of benzene rings is 1. The Morgan fingerprint density at radius 2 is 1.71 bits per heavy atom. The topological polar surface area (TPSA) is 35.2 Å². The summed E-state index contributed by atoms with van der Waals surface area (Å²) in [5.74, 6) is 0.898. The number of nitrogens with two attached hydrogens (primary N) is 1. The van der Waals surface area contributed by atoms with Crippen molar-refractivity contribution in [2.75, 3.05) is 7.11 Å². The van der Waals surface area contributed by atoms with Gasteiger partial charge in [0.05, 0.1) is 7.11 Å². The van der Waals surface area contributed by atoms with Crippen LogP contribution in [0.1, 0.15) is 50.6 Å². The normalized spacial score (nSPS) is 20.9. The van der Waals surface area contributed by atoms with E-state index in [0.29, 0.717) is 0 Å². The molecule has 1 saturated carbocycles. The zero-order valence-corrected chi connectivity index (χ0v) is 10.9. The molecule has 1 fully saturated rings. The van der Waals surface area contributed by atoms with E-state index >= 15 is 0 Å². The van der Waals surface area contributed by atoms with Crippen molar-refractivity contribution in [3.8, 4) is 5.75 Å². The van der Waals surface area contributed by atoms with Crippen molar-refractivity contribution in [3.63, 3.8) is 0 Å². The Hall–Kier alpha value is -1.02. The number of hydrogen-bond acceptors (Lipinski definition) is 2. The maximum atomic E-state index is 6.45. The molecule has 17 heavy (non-hydrogen) atoms. The van der Waals surface area contributed by atoms with Gasteiger partial charge in [-0.2, -0.15) is 0 Å². The molecule has 2 N–H and O–H groups in total. The predicted molar refractivity (Wildman–Crippen MR) is 71.1 cm³/mol. The SMILES string of the molecule is COc1ccc(C(N)C2(C)CCCCC2)cc1. The minimum atomic E-state index is 0.147. The third-order valence-electron chi connectivity index (χ3n) is 4.22. The molecule has 0 spiro atoms. The lowest BCUT2D eigenvalue weighted by Gasteiger charge is -2.39. The van der Waals surface area contributed by atoms with E-state index in [1.807, 2.05) is 12.1 Å². The van der Waals surface area contributed by atoms with E-state index in [1.165, 1.54) is 37.7 Å². The van der Waals surface area contributed by atoms with Gasteiger partial charge in [-0.05, 0) is 36.0 Å². The van der Waals surface area contributed by atoms with Crippen LogP contribution in [0.4, 0.5) is 0 Å². The summed E-state index contributed by atoms with van der Waals surface area (Å²) >= 11 is 0. The average Bonchev–Trinajstić information content (AvgIpc) is 2.39. The minimum Gasteiger partial charge on any atom is -0.497 e. The van der Waals surface area contributed by atoms with Crippen LogP contribution in [-0.4, -0.2) is 7.11 Å². The van der Waals surface area contributed by atoms with Gasteiger partial charge in [-0.25, -0.2) is 0 Å². The maximum absolute atomic E-state index is 6.45. The quantitative estimate of drug-likeness (QED) is 0.864. The second-order valence-electron chi connectivity index (χ2n) is 5.47. The number of hydrogen-bond donors (Lipinski definition) is 1. The fraction of sp³-hybridized carbons (Fsp3) is 0.600. The first-order valence-electron chi connectivity index (χ1n) is 6.55.